The minimum Gasteiger partial charge on any atom is -0.361 e. The second kappa shape index (κ2) is 6.43. The Kier molecular flexibility index (Phi) is 4.39. The fourth-order valence-corrected chi connectivity index (χ4v) is 3.69. The lowest BCUT2D eigenvalue weighted by Crippen LogP contribution is -2.39. The molecule has 2 aromatic heterocycles. The number of amides is 1. The highest BCUT2D eigenvalue weighted by atomic mass is 32.1. The van der Waals surface area contributed by atoms with Crippen LogP contribution < -0.4 is 0 Å². The molecule has 0 atom stereocenters. The molecule has 0 aromatic carbocycles. The Hall–Kier alpha value is -1.62. The summed E-state index contributed by atoms with van der Waals surface area (Å²) in [5, 5.41) is 6.03. The first-order valence-electron chi connectivity index (χ1n) is 7.43. The van der Waals surface area contributed by atoms with Gasteiger partial charge in [-0.25, -0.2) is 0 Å². The molecule has 3 rings (SSSR count). The van der Waals surface area contributed by atoms with Crippen molar-refractivity contribution in [1.82, 2.24) is 10.1 Å². The number of carbonyl (C=O) groups excluding carboxylic acids is 1. The Morgan fingerprint density at radius 1 is 1.48 bits per heavy atom. The molecule has 5 heteroatoms. The van der Waals surface area contributed by atoms with Gasteiger partial charge >= 0.3 is 0 Å². The maximum Gasteiger partial charge on any atom is 0.228 e. The second-order valence-corrected chi connectivity index (χ2v) is 6.75. The Morgan fingerprint density at radius 2 is 2.29 bits per heavy atom. The molecule has 0 aliphatic carbocycles. The number of hydrogen-bond acceptors (Lipinski definition) is 4. The minimum atomic E-state index is 0.165. The molecule has 3 heterocycles. The molecular weight excluding hydrogens is 284 g/mol. The maximum absolute atomic E-state index is 12.2. The first-order valence-corrected chi connectivity index (χ1v) is 8.31. The van der Waals surface area contributed by atoms with E-state index in [0.29, 0.717) is 12.3 Å². The lowest BCUT2D eigenvalue weighted by Gasteiger charge is -2.31. The van der Waals surface area contributed by atoms with Gasteiger partial charge in [0.05, 0.1) is 12.1 Å². The number of aromatic nitrogens is 1. The number of hydrogen-bond donors (Lipinski definition) is 0. The van der Waals surface area contributed by atoms with E-state index in [2.05, 4.69) is 22.7 Å². The fourth-order valence-electron chi connectivity index (χ4n) is 2.87. The summed E-state index contributed by atoms with van der Waals surface area (Å²) in [6.07, 6.45) is 3.71. The average molecular weight is 304 g/mol. The molecule has 1 aliphatic heterocycles. The van der Waals surface area contributed by atoms with E-state index in [1.54, 1.807) is 0 Å². The molecule has 21 heavy (non-hydrogen) atoms. The van der Waals surface area contributed by atoms with Crippen LogP contribution in [0.3, 0.4) is 0 Å². The molecule has 0 radical (unpaired) electrons. The summed E-state index contributed by atoms with van der Waals surface area (Å²) in [6.45, 7) is 3.58. The van der Waals surface area contributed by atoms with Crippen LogP contribution in [0.15, 0.2) is 28.1 Å². The predicted molar refractivity (Wildman–Crippen MR) is 82.3 cm³/mol. The van der Waals surface area contributed by atoms with Gasteiger partial charge in [0.25, 0.3) is 0 Å². The molecule has 112 valence electrons. The van der Waals surface area contributed by atoms with Crippen LogP contribution in [0.2, 0.25) is 0 Å². The number of nitrogens with zero attached hydrogens (tertiary/aromatic N) is 2. The largest absolute Gasteiger partial charge is 0.361 e. The summed E-state index contributed by atoms with van der Waals surface area (Å²) in [4.78, 5) is 15.7. The standard InChI is InChI=1S/C16H20N2O2S/c1-12-9-14(17-20-12)11-16(19)18-6-4-13(5-7-18)10-15-3-2-8-21-15/h2-3,8-9,13H,4-7,10-11H2,1H3. The fraction of sp³-hybridized carbons (Fsp3) is 0.500. The van der Waals surface area contributed by atoms with Crippen molar-refractivity contribution in [1.29, 1.82) is 0 Å². The number of piperidine rings is 1. The van der Waals surface area contributed by atoms with E-state index in [0.717, 1.165) is 43.8 Å². The van der Waals surface area contributed by atoms with Crippen molar-refractivity contribution >= 4 is 17.2 Å². The highest BCUT2D eigenvalue weighted by Crippen LogP contribution is 2.24. The third kappa shape index (κ3) is 3.73. The number of rotatable bonds is 4. The molecular formula is C16H20N2O2S. The van der Waals surface area contributed by atoms with Gasteiger partial charge in [0.1, 0.15) is 5.76 Å². The van der Waals surface area contributed by atoms with Gasteiger partial charge in [-0.2, -0.15) is 0 Å². The van der Waals surface area contributed by atoms with Crippen molar-refractivity contribution in [2.75, 3.05) is 13.1 Å². The number of thiophene rings is 1. The summed E-state index contributed by atoms with van der Waals surface area (Å²) < 4.78 is 5.01. The van der Waals surface area contributed by atoms with Crippen LogP contribution in [0.5, 0.6) is 0 Å². The van der Waals surface area contributed by atoms with Gasteiger partial charge < -0.3 is 9.42 Å². The van der Waals surface area contributed by atoms with Crippen molar-refractivity contribution in [3.8, 4) is 0 Å². The molecule has 0 unspecified atom stereocenters. The molecule has 1 aliphatic rings. The third-order valence-electron chi connectivity index (χ3n) is 4.05. The highest BCUT2D eigenvalue weighted by Gasteiger charge is 2.23. The quantitative estimate of drug-likeness (QED) is 0.872. The summed E-state index contributed by atoms with van der Waals surface area (Å²) in [7, 11) is 0. The van der Waals surface area contributed by atoms with E-state index in [9.17, 15) is 4.79 Å². The average Bonchev–Trinajstić information content (AvgIpc) is 3.12. The van der Waals surface area contributed by atoms with Gasteiger partial charge in [0.15, 0.2) is 0 Å². The Bertz CT molecular complexity index is 583. The van der Waals surface area contributed by atoms with Gasteiger partial charge in [-0.3, -0.25) is 4.79 Å². The molecule has 0 bridgehead atoms. The van der Waals surface area contributed by atoms with Crippen molar-refractivity contribution in [3.63, 3.8) is 0 Å². The minimum absolute atomic E-state index is 0.165. The molecule has 0 saturated carbocycles. The van der Waals surface area contributed by atoms with Gasteiger partial charge in [0.2, 0.25) is 5.91 Å². The van der Waals surface area contributed by atoms with E-state index in [1.807, 2.05) is 29.2 Å². The van der Waals surface area contributed by atoms with Gasteiger partial charge in [0, 0.05) is 24.0 Å². The molecule has 0 spiro atoms. The van der Waals surface area contributed by atoms with Crippen LogP contribution in [0, 0.1) is 12.8 Å². The molecule has 4 nitrogen and oxygen atoms in total. The van der Waals surface area contributed by atoms with Crippen molar-refractivity contribution in [3.05, 3.63) is 39.9 Å². The monoisotopic (exact) mass is 304 g/mol. The van der Waals surface area contributed by atoms with E-state index in [-0.39, 0.29) is 5.91 Å². The van der Waals surface area contributed by atoms with E-state index < -0.39 is 0 Å². The first-order chi connectivity index (χ1) is 10.2. The topological polar surface area (TPSA) is 46.3 Å². The van der Waals surface area contributed by atoms with Crippen LogP contribution in [0.4, 0.5) is 0 Å². The predicted octanol–water partition coefficient (Wildman–Crippen LogP) is 3.07. The second-order valence-electron chi connectivity index (χ2n) is 5.71. The Labute approximate surface area is 128 Å². The van der Waals surface area contributed by atoms with Gasteiger partial charge in [-0.05, 0) is 43.6 Å². The zero-order chi connectivity index (χ0) is 14.7. The Balaban J connectivity index is 1.47. The number of likely N-dealkylation sites (tertiary alicyclic amines) is 1. The molecule has 1 saturated heterocycles. The molecule has 2 aromatic rings. The van der Waals surface area contributed by atoms with Crippen LogP contribution in [-0.4, -0.2) is 29.1 Å². The summed E-state index contributed by atoms with van der Waals surface area (Å²) in [5.74, 6) is 1.63. The summed E-state index contributed by atoms with van der Waals surface area (Å²) >= 11 is 1.83. The molecule has 1 amide bonds. The molecule has 0 N–H and O–H groups in total. The smallest absolute Gasteiger partial charge is 0.228 e. The Morgan fingerprint density at radius 3 is 2.90 bits per heavy atom. The zero-order valence-electron chi connectivity index (χ0n) is 12.2. The van der Waals surface area contributed by atoms with Crippen LogP contribution >= 0.6 is 11.3 Å². The maximum atomic E-state index is 12.2. The van der Waals surface area contributed by atoms with Crippen molar-refractivity contribution < 1.29 is 9.32 Å². The SMILES string of the molecule is Cc1cc(CC(=O)N2CCC(Cc3cccs3)CC2)no1. The van der Waals surface area contributed by atoms with Crippen molar-refractivity contribution in [2.24, 2.45) is 5.92 Å². The first kappa shape index (κ1) is 14.3. The van der Waals surface area contributed by atoms with Crippen LogP contribution in [-0.2, 0) is 17.6 Å². The summed E-state index contributed by atoms with van der Waals surface area (Å²) in [5.41, 5.74) is 0.734. The number of aryl methyl sites for hydroxylation is 1. The van der Waals surface area contributed by atoms with E-state index >= 15 is 0 Å². The van der Waals surface area contributed by atoms with Gasteiger partial charge in [-0.15, -0.1) is 11.3 Å². The highest BCUT2D eigenvalue weighted by molar-refractivity contribution is 7.09. The number of carbonyl (C=O) groups is 1. The van der Waals surface area contributed by atoms with Crippen LogP contribution in [0.1, 0.15) is 29.2 Å². The normalized spacial score (nSPS) is 16.3. The van der Waals surface area contributed by atoms with Crippen molar-refractivity contribution in [2.45, 2.75) is 32.6 Å². The van der Waals surface area contributed by atoms with Gasteiger partial charge in [-0.1, -0.05) is 11.2 Å². The molecule has 1 fully saturated rings. The third-order valence-corrected chi connectivity index (χ3v) is 4.95. The van der Waals surface area contributed by atoms with E-state index in [1.165, 1.54) is 4.88 Å². The summed E-state index contributed by atoms with van der Waals surface area (Å²) in [6, 6.07) is 6.15. The lowest BCUT2D eigenvalue weighted by atomic mass is 9.93. The van der Waals surface area contributed by atoms with Crippen LogP contribution in [0.25, 0.3) is 0 Å². The lowest BCUT2D eigenvalue weighted by molar-refractivity contribution is -0.131. The van der Waals surface area contributed by atoms with E-state index in [4.69, 9.17) is 4.52 Å². The zero-order valence-corrected chi connectivity index (χ0v) is 13.1.